The van der Waals surface area contributed by atoms with E-state index >= 15 is 0 Å². The lowest BCUT2D eigenvalue weighted by atomic mass is 9.95. The van der Waals surface area contributed by atoms with Crippen molar-refractivity contribution >= 4 is 11.7 Å². The molecule has 6 heteroatoms. The second-order valence-electron chi connectivity index (χ2n) is 8.01. The minimum Gasteiger partial charge on any atom is -0.436 e. The molecular formula is C25H28N4O2. The van der Waals surface area contributed by atoms with E-state index in [9.17, 15) is 4.79 Å². The lowest BCUT2D eigenvalue weighted by Crippen LogP contribution is -2.41. The Bertz CT molecular complexity index is 1020. The molecule has 0 saturated carbocycles. The fourth-order valence-electron chi connectivity index (χ4n) is 3.91. The SMILES string of the molecule is Cc1cccc(Oc2nccnc2N2CCC(C(=O)NC(C)c3ccccc3)CC2)c1. The first-order valence-electron chi connectivity index (χ1n) is 10.8. The zero-order valence-electron chi connectivity index (χ0n) is 18.0. The van der Waals surface area contributed by atoms with Gasteiger partial charge in [-0.05, 0) is 49.9 Å². The van der Waals surface area contributed by atoms with Crippen LogP contribution in [0.4, 0.5) is 5.82 Å². The smallest absolute Gasteiger partial charge is 0.263 e. The summed E-state index contributed by atoms with van der Waals surface area (Å²) in [7, 11) is 0. The molecule has 1 amide bonds. The molecular weight excluding hydrogens is 388 g/mol. The third-order valence-electron chi connectivity index (χ3n) is 5.67. The van der Waals surface area contributed by atoms with Crippen molar-refractivity contribution < 1.29 is 9.53 Å². The Kier molecular flexibility index (Phi) is 6.46. The molecule has 1 aromatic heterocycles. The largest absolute Gasteiger partial charge is 0.436 e. The van der Waals surface area contributed by atoms with Gasteiger partial charge in [0.05, 0.1) is 6.04 Å². The van der Waals surface area contributed by atoms with Gasteiger partial charge in [-0.1, -0.05) is 42.5 Å². The number of carbonyl (C=O) groups excluding carboxylic acids is 1. The average Bonchev–Trinajstić information content (AvgIpc) is 2.80. The van der Waals surface area contributed by atoms with Gasteiger partial charge in [-0.25, -0.2) is 9.97 Å². The highest BCUT2D eigenvalue weighted by Crippen LogP contribution is 2.31. The number of amides is 1. The quantitative estimate of drug-likeness (QED) is 0.632. The van der Waals surface area contributed by atoms with Crippen LogP contribution in [0.3, 0.4) is 0 Å². The van der Waals surface area contributed by atoms with Crippen LogP contribution in [0, 0.1) is 12.8 Å². The summed E-state index contributed by atoms with van der Waals surface area (Å²) >= 11 is 0. The summed E-state index contributed by atoms with van der Waals surface area (Å²) in [6.45, 7) is 5.52. The number of ether oxygens (including phenoxy) is 1. The maximum absolute atomic E-state index is 12.8. The fraction of sp³-hybridized carbons (Fsp3) is 0.320. The molecule has 0 aliphatic carbocycles. The summed E-state index contributed by atoms with van der Waals surface area (Å²) in [5.41, 5.74) is 2.24. The molecule has 0 radical (unpaired) electrons. The van der Waals surface area contributed by atoms with Crippen molar-refractivity contribution in [2.75, 3.05) is 18.0 Å². The van der Waals surface area contributed by atoms with Crippen LogP contribution in [0.1, 0.15) is 36.9 Å². The minimum atomic E-state index is 0.000208. The summed E-state index contributed by atoms with van der Waals surface area (Å²) in [5, 5.41) is 3.16. The van der Waals surface area contributed by atoms with Gasteiger partial charge in [-0.2, -0.15) is 0 Å². The van der Waals surface area contributed by atoms with Crippen molar-refractivity contribution in [2.24, 2.45) is 5.92 Å². The molecule has 6 nitrogen and oxygen atoms in total. The predicted octanol–water partition coefficient (Wildman–Crippen LogP) is 4.67. The van der Waals surface area contributed by atoms with Crippen LogP contribution in [0.5, 0.6) is 11.6 Å². The summed E-state index contributed by atoms with van der Waals surface area (Å²) < 4.78 is 6.02. The zero-order chi connectivity index (χ0) is 21.6. The summed E-state index contributed by atoms with van der Waals surface area (Å²) in [4.78, 5) is 23.9. The van der Waals surface area contributed by atoms with E-state index in [-0.39, 0.29) is 17.9 Å². The normalized spacial score (nSPS) is 15.4. The minimum absolute atomic E-state index is 0.000208. The first-order chi connectivity index (χ1) is 15.1. The molecule has 31 heavy (non-hydrogen) atoms. The highest BCUT2D eigenvalue weighted by Gasteiger charge is 2.28. The van der Waals surface area contributed by atoms with Crippen LogP contribution in [-0.4, -0.2) is 29.0 Å². The summed E-state index contributed by atoms with van der Waals surface area (Å²) in [6, 6.07) is 17.9. The van der Waals surface area contributed by atoms with Gasteiger partial charge < -0.3 is 15.0 Å². The topological polar surface area (TPSA) is 67.4 Å². The number of benzene rings is 2. The summed E-state index contributed by atoms with van der Waals surface area (Å²) in [6.07, 6.45) is 4.86. The van der Waals surface area contributed by atoms with Crippen LogP contribution >= 0.6 is 0 Å². The number of aryl methyl sites for hydroxylation is 1. The molecule has 2 heterocycles. The van der Waals surface area contributed by atoms with Gasteiger partial charge in [0.15, 0.2) is 5.82 Å². The maximum Gasteiger partial charge on any atom is 0.263 e. The average molecular weight is 417 g/mol. The van der Waals surface area contributed by atoms with Gasteiger partial charge in [0.1, 0.15) is 5.75 Å². The van der Waals surface area contributed by atoms with Gasteiger partial charge in [0.25, 0.3) is 5.88 Å². The zero-order valence-corrected chi connectivity index (χ0v) is 18.0. The van der Waals surface area contributed by atoms with E-state index in [0.717, 1.165) is 48.6 Å². The van der Waals surface area contributed by atoms with Crippen LogP contribution in [0.25, 0.3) is 0 Å². The Morgan fingerprint density at radius 3 is 2.55 bits per heavy atom. The van der Waals surface area contributed by atoms with Crippen molar-refractivity contribution in [2.45, 2.75) is 32.7 Å². The Morgan fingerprint density at radius 2 is 1.81 bits per heavy atom. The van der Waals surface area contributed by atoms with Crippen LogP contribution in [-0.2, 0) is 4.79 Å². The standard InChI is InChI=1S/C25H28N4O2/c1-18-7-6-10-22(17-18)31-25-23(26-13-14-27-25)29-15-11-21(12-16-29)24(30)28-19(2)20-8-4-3-5-9-20/h3-10,13-14,17,19,21H,11-12,15-16H2,1-2H3,(H,28,30). The first-order valence-corrected chi connectivity index (χ1v) is 10.8. The molecule has 1 aliphatic heterocycles. The lowest BCUT2D eigenvalue weighted by Gasteiger charge is -2.33. The Morgan fingerprint density at radius 1 is 1.06 bits per heavy atom. The number of aromatic nitrogens is 2. The van der Waals surface area contributed by atoms with Crippen molar-refractivity contribution in [1.82, 2.24) is 15.3 Å². The number of carbonyl (C=O) groups is 1. The molecule has 1 aliphatic rings. The van der Waals surface area contributed by atoms with Crippen LogP contribution in [0.2, 0.25) is 0 Å². The molecule has 1 unspecified atom stereocenters. The number of rotatable bonds is 6. The molecule has 2 aromatic carbocycles. The van der Waals surface area contributed by atoms with Gasteiger partial charge in [-0.15, -0.1) is 0 Å². The summed E-state index contributed by atoms with van der Waals surface area (Å²) in [5.74, 6) is 2.08. The number of hydrogen-bond donors (Lipinski definition) is 1. The van der Waals surface area contributed by atoms with Gasteiger partial charge >= 0.3 is 0 Å². The molecule has 1 N–H and O–H groups in total. The van der Waals surface area contributed by atoms with Gasteiger partial charge in [0, 0.05) is 31.4 Å². The molecule has 160 valence electrons. The Labute approximate surface area is 183 Å². The Hall–Kier alpha value is -3.41. The molecule has 0 bridgehead atoms. The number of nitrogens with zero attached hydrogens (tertiary/aromatic N) is 3. The van der Waals surface area contributed by atoms with E-state index in [1.807, 2.05) is 68.4 Å². The van der Waals surface area contributed by atoms with E-state index in [2.05, 4.69) is 20.2 Å². The van der Waals surface area contributed by atoms with E-state index < -0.39 is 0 Å². The second-order valence-corrected chi connectivity index (χ2v) is 8.01. The second kappa shape index (κ2) is 9.60. The number of anilines is 1. The lowest BCUT2D eigenvalue weighted by molar-refractivity contribution is -0.126. The van der Waals surface area contributed by atoms with E-state index in [1.54, 1.807) is 12.4 Å². The molecule has 1 saturated heterocycles. The van der Waals surface area contributed by atoms with E-state index in [0.29, 0.717) is 5.88 Å². The Balaban J connectivity index is 1.37. The molecule has 1 atom stereocenters. The molecule has 4 rings (SSSR count). The fourth-order valence-corrected chi connectivity index (χ4v) is 3.91. The number of hydrogen-bond acceptors (Lipinski definition) is 5. The van der Waals surface area contributed by atoms with Crippen LogP contribution in [0.15, 0.2) is 67.0 Å². The first kappa shape index (κ1) is 20.8. The maximum atomic E-state index is 12.8. The highest BCUT2D eigenvalue weighted by atomic mass is 16.5. The van der Waals surface area contributed by atoms with Crippen molar-refractivity contribution in [3.05, 3.63) is 78.1 Å². The third-order valence-corrected chi connectivity index (χ3v) is 5.67. The highest BCUT2D eigenvalue weighted by molar-refractivity contribution is 5.79. The monoisotopic (exact) mass is 416 g/mol. The third kappa shape index (κ3) is 5.20. The molecule has 3 aromatic rings. The van der Waals surface area contributed by atoms with Gasteiger partial charge in [0.2, 0.25) is 5.91 Å². The number of piperidine rings is 1. The molecule has 0 spiro atoms. The van der Waals surface area contributed by atoms with E-state index in [1.165, 1.54) is 0 Å². The van der Waals surface area contributed by atoms with E-state index in [4.69, 9.17) is 4.74 Å². The van der Waals surface area contributed by atoms with Gasteiger partial charge in [-0.3, -0.25) is 4.79 Å². The van der Waals surface area contributed by atoms with Crippen molar-refractivity contribution in [3.8, 4) is 11.6 Å². The van der Waals surface area contributed by atoms with Crippen LogP contribution < -0.4 is 15.0 Å². The molecule has 1 fully saturated rings. The van der Waals surface area contributed by atoms with Crippen molar-refractivity contribution in [1.29, 1.82) is 0 Å². The van der Waals surface area contributed by atoms with Crippen molar-refractivity contribution in [3.63, 3.8) is 0 Å². The number of nitrogens with one attached hydrogen (secondary N) is 1. The predicted molar refractivity (Wildman–Crippen MR) is 121 cm³/mol.